The minimum atomic E-state index is -0.498. The maximum absolute atomic E-state index is 11.9. The van der Waals surface area contributed by atoms with Crippen LogP contribution in [0.25, 0.3) is 0 Å². The summed E-state index contributed by atoms with van der Waals surface area (Å²) in [6.45, 7) is 6.02. The van der Waals surface area contributed by atoms with Crippen molar-refractivity contribution in [3.8, 4) is 0 Å². The Morgan fingerprint density at radius 2 is 1.71 bits per heavy atom. The first-order chi connectivity index (χ1) is 10.1. The molecule has 0 aliphatic heterocycles. The van der Waals surface area contributed by atoms with Crippen molar-refractivity contribution < 1.29 is 19.1 Å². The van der Waals surface area contributed by atoms with Gasteiger partial charge >= 0.3 is 11.9 Å². The van der Waals surface area contributed by atoms with Crippen LogP contribution < -0.4 is 5.32 Å². The predicted molar refractivity (Wildman–Crippen MR) is 80.8 cm³/mol. The molecule has 0 heterocycles. The minimum absolute atomic E-state index is 0.0147. The van der Waals surface area contributed by atoms with Gasteiger partial charge in [0.1, 0.15) is 5.70 Å². The number of benzene rings is 1. The van der Waals surface area contributed by atoms with Gasteiger partial charge in [-0.2, -0.15) is 0 Å². The van der Waals surface area contributed by atoms with Crippen LogP contribution >= 0.6 is 0 Å². The number of hydrogen-bond donors (Lipinski definition) is 1. The van der Waals surface area contributed by atoms with Gasteiger partial charge in [0.25, 0.3) is 0 Å². The molecule has 0 aliphatic carbocycles. The quantitative estimate of drug-likeness (QED) is 0.618. The van der Waals surface area contributed by atoms with E-state index in [1.54, 1.807) is 13.8 Å². The van der Waals surface area contributed by atoms with Gasteiger partial charge < -0.3 is 14.8 Å². The minimum Gasteiger partial charge on any atom is -0.466 e. The molecule has 0 bridgehead atoms. The van der Waals surface area contributed by atoms with Gasteiger partial charge in [-0.05, 0) is 39.0 Å². The lowest BCUT2D eigenvalue weighted by atomic mass is 10.2. The van der Waals surface area contributed by atoms with Crippen molar-refractivity contribution >= 4 is 17.6 Å². The molecule has 0 aromatic heterocycles. The van der Waals surface area contributed by atoms with Crippen LogP contribution in [0.1, 0.15) is 25.8 Å². The number of aryl methyl sites for hydroxylation is 1. The molecule has 0 aliphatic rings. The fourth-order valence-corrected chi connectivity index (χ4v) is 1.59. The lowest BCUT2D eigenvalue weighted by Crippen LogP contribution is -2.15. The Hall–Kier alpha value is -2.30. The molecule has 0 radical (unpaired) electrons. The zero-order valence-electron chi connectivity index (χ0n) is 12.6. The van der Waals surface area contributed by atoms with Crippen molar-refractivity contribution in [3.63, 3.8) is 0 Å². The average molecular weight is 291 g/mol. The third kappa shape index (κ3) is 6.12. The number of carbonyl (C=O) groups is 2. The maximum atomic E-state index is 11.9. The highest BCUT2D eigenvalue weighted by molar-refractivity contribution is 5.92. The van der Waals surface area contributed by atoms with Crippen molar-refractivity contribution in [2.24, 2.45) is 0 Å². The number of rotatable bonds is 7. The summed E-state index contributed by atoms with van der Waals surface area (Å²) in [7, 11) is 0. The summed E-state index contributed by atoms with van der Waals surface area (Å²) in [4.78, 5) is 23.3. The van der Waals surface area contributed by atoms with Crippen molar-refractivity contribution in [3.05, 3.63) is 41.6 Å². The first kappa shape index (κ1) is 16.8. The zero-order valence-corrected chi connectivity index (χ0v) is 12.6. The molecule has 0 saturated heterocycles. The van der Waals surface area contributed by atoms with Gasteiger partial charge in [0.15, 0.2) is 0 Å². The topological polar surface area (TPSA) is 64.6 Å². The van der Waals surface area contributed by atoms with E-state index >= 15 is 0 Å². The van der Waals surface area contributed by atoms with Crippen molar-refractivity contribution in [2.75, 3.05) is 18.5 Å². The van der Waals surface area contributed by atoms with Crippen LogP contribution in [-0.2, 0) is 19.1 Å². The molecule has 0 atom stereocenters. The number of carbonyl (C=O) groups excluding carboxylic acids is 2. The van der Waals surface area contributed by atoms with E-state index in [1.807, 2.05) is 31.2 Å². The van der Waals surface area contributed by atoms with Gasteiger partial charge in [0.05, 0.1) is 19.6 Å². The molecule has 5 nitrogen and oxygen atoms in total. The second-order valence-corrected chi connectivity index (χ2v) is 4.34. The predicted octanol–water partition coefficient (Wildman–Crippen LogP) is 2.81. The van der Waals surface area contributed by atoms with Crippen molar-refractivity contribution in [2.45, 2.75) is 27.2 Å². The summed E-state index contributed by atoms with van der Waals surface area (Å²) in [5, 5.41) is 2.97. The Bertz CT molecular complexity index is 506. The molecule has 1 aromatic carbocycles. The number of ether oxygens (including phenoxy) is 2. The SMILES string of the molecule is CCOC(=O)C/C=C(\Nc1ccc(C)cc1)C(=O)OCC. The van der Waals surface area contributed by atoms with Gasteiger partial charge in [-0.1, -0.05) is 17.7 Å². The number of nitrogens with one attached hydrogen (secondary N) is 1. The summed E-state index contributed by atoms with van der Waals surface area (Å²) in [5.41, 5.74) is 2.10. The summed E-state index contributed by atoms with van der Waals surface area (Å²) in [5.74, 6) is -0.882. The fourth-order valence-electron chi connectivity index (χ4n) is 1.59. The van der Waals surface area contributed by atoms with Gasteiger partial charge in [0.2, 0.25) is 0 Å². The van der Waals surface area contributed by atoms with Crippen molar-refractivity contribution in [1.29, 1.82) is 0 Å². The highest BCUT2D eigenvalue weighted by atomic mass is 16.5. The normalized spacial score (nSPS) is 10.9. The zero-order chi connectivity index (χ0) is 15.7. The van der Waals surface area contributed by atoms with E-state index in [0.717, 1.165) is 11.3 Å². The Morgan fingerprint density at radius 3 is 2.29 bits per heavy atom. The second-order valence-electron chi connectivity index (χ2n) is 4.34. The van der Waals surface area contributed by atoms with E-state index in [-0.39, 0.29) is 24.7 Å². The summed E-state index contributed by atoms with van der Waals surface area (Å²) in [6, 6.07) is 7.56. The maximum Gasteiger partial charge on any atom is 0.354 e. The third-order valence-electron chi connectivity index (χ3n) is 2.60. The Labute approximate surface area is 124 Å². The monoisotopic (exact) mass is 291 g/mol. The van der Waals surface area contributed by atoms with Crippen LogP contribution in [0.15, 0.2) is 36.0 Å². The largest absolute Gasteiger partial charge is 0.466 e. The van der Waals surface area contributed by atoms with Crippen LogP contribution in [0.4, 0.5) is 5.69 Å². The molecule has 0 saturated carbocycles. The van der Waals surface area contributed by atoms with Gasteiger partial charge in [-0.15, -0.1) is 0 Å². The standard InChI is InChI=1S/C16H21NO4/c1-4-20-15(18)11-10-14(16(19)21-5-2)17-13-8-6-12(3)7-9-13/h6-10,17H,4-5,11H2,1-3H3/b14-10-. The highest BCUT2D eigenvalue weighted by Gasteiger charge is 2.12. The van der Waals surface area contributed by atoms with Crippen LogP contribution in [0, 0.1) is 6.92 Å². The van der Waals surface area contributed by atoms with E-state index < -0.39 is 5.97 Å². The Morgan fingerprint density at radius 1 is 1.10 bits per heavy atom. The summed E-state index contributed by atoms with van der Waals surface area (Å²) >= 11 is 0. The molecule has 1 rings (SSSR count). The van der Waals surface area contributed by atoms with Crippen LogP contribution in [0.3, 0.4) is 0 Å². The van der Waals surface area contributed by atoms with Crippen molar-refractivity contribution in [1.82, 2.24) is 0 Å². The van der Waals surface area contributed by atoms with E-state index in [0.29, 0.717) is 6.61 Å². The molecule has 0 fully saturated rings. The average Bonchev–Trinajstić information content (AvgIpc) is 2.46. The molecular weight excluding hydrogens is 270 g/mol. The van der Waals surface area contributed by atoms with Crippen LogP contribution in [0.5, 0.6) is 0 Å². The van der Waals surface area contributed by atoms with Gasteiger partial charge in [0, 0.05) is 5.69 Å². The molecule has 0 spiro atoms. The Balaban J connectivity index is 2.81. The number of esters is 2. The highest BCUT2D eigenvalue weighted by Crippen LogP contribution is 2.13. The first-order valence-electron chi connectivity index (χ1n) is 6.93. The molecule has 1 aromatic rings. The molecule has 21 heavy (non-hydrogen) atoms. The van der Waals surface area contributed by atoms with E-state index in [9.17, 15) is 9.59 Å². The molecule has 0 amide bonds. The van der Waals surface area contributed by atoms with Crippen LogP contribution in [0.2, 0.25) is 0 Å². The van der Waals surface area contributed by atoms with Gasteiger partial charge in [-0.25, -0.2) is 4.79 Å². The molecular formula is C16H21NO4. The van der Waals surface area contributed by atoms with Crippen LogP contribution in [-0.4, -0.2) is 25.2 Å². The lowest BCUT2D eigenvalue weighted by molar-refractivity contribution is -0.142. The van der Waals surface area contributed by atoms with Gasteiger partial charge in [-0.3, -0.25) is 4.79 Å². The second kappa shape index (κ2) is 8.79. The smallest absolute Gasteiger partial charge is 0.354 e. The number of hydrogen-bond acceptors (Lipinski definition) is 5. The fraction of sp³-hybridized carbons (Fsp3) is 0.375. The number of anilines is 1. The van der Waals surface area contributed by atoms with E-state index in [4.69, 9.17) is 9.47 Å². The first-order valence-corrected chi connectivity index (χ1v) is 6.93. The Kier molecular flexibility index (Phi) is 7.01. The molecule has 5 heteroatoms. The summed E-state index contributed by atoms with van der Waals surface area (Å²) in [6.07, 6.45) is 1.50. The summed E-state index contributed by atoms with van der Waals surface area (Å²) < 4.78 is 9.80. The lowest BCUT2D eigenvalue weighted by Gasteiger charge is -2.10. The molecule has 1 N–H and O–H groups in total. The molecule has 114 valence electrons. The molecule has 0 unspecified atom stereocenters. The van der Waals surface area contributed by atoms with E-state index in [2.05, 4.69) is 5.32 Å². The van der Waals surface area contributed by atoms with E-state index in [1.165, 1.54) is 6.08 Å². The third-order valence-corrected chi connectivity index (χ3v) is 2.60.